The quantitative estimate of drug-likeness (QED) is 0.888. The molecule has 0 fully saturated rings. The van der Waals surface area contributed by atoms with Gasteiger partial charge in [-0.3, -0.25) is 4.90 Å². The van der Waals surface area contributed by atoms with Crippen LogP contribution in [-0.4, -0.2) is 27.5 Å². The third-order valence-electron chi connectivity index (χ3n) is 4.08. The standard InChI is InChI=1S/C17H26N4/c1-5-15(18)17(14-8-6-13(2)7-9-14)21(4)12-16-19-10-11-20(16)3/h6-11,15,17H,5,12,18H2,1-4H3. The Kier molecular flexibility index (Phi) is 5.15. The molecule has 0 aliphatic heterocycles. The Labute approximate surface area is 127 Å². The minimum Gasteiger partial charge on any atom is -0.337 e. The van der Waals surface area contributed by atoms with Gasteiger partial charge in [-0.15, -0.1) is 0 Å². The molecule has 21 heavy (non-hydrogen) atoms. The summed E-state index contributed by atoms with van der Waals surface area (Å²) in [5.41, 5.74) is 8.93. The van der Waals surface area contributed by atoms with Crippen LogP contribution >= 0.6 is 0 Å². The molecule has 2 N–H and O–H groups in total. The van der Waals surface area contributed by atoms with E-state index in [1.54, 1.807) is 0 Å². The molecular weight excluding hydrogens is 260 g/mol. The van der Waals surface area contributed by atoms with Crippen LogP contribution in [0.25, 0.3) is 0 Å². The van der Waals surface area contributed by atoms with E-state index in [2.05, 4.69) is 59.6 Å². The van der Waals surface area contributed by atoms with Crippen LogP contribution < -0.4 is 5.73 Å². The molecule has 2 unspecified atom stereocenters. The van der Waals surface area contributed by atoms with Crippen molar-refractivity contribution in [2.45, 2.75) is 38.9 Å². The van der Waals surface area contributed by atoms with Crippen molar-refractivity contribution >= 4 is 0 Å². The van der Waals surface area contributed by atoms with E-state index in [-0.39, 0.29) is 12.1 Å². The molecule has 0 spiro atoms. The number of nitrogens with two attached hydrogens (primary N) is 1. The molecule has 0 amide bonds. The molecule has 0 aliphatic carbocycles. The zero-order valence-electron chi connectivity index (χ0n) is 13.5. The Morgan fingerprint density at radius 3 is 2.48 bits per heavy atom. The van der Waals surface area contributed by atoms with Crippen molar-refractivity contribution in [2.24, 2.45) is 12.8 Å². The normalized spacial score (nSPS) is 14.4. The zero-order chi connectivity index (χ0) is 15.4. The number of aromatic nitrogens is 2. The fraction of sp³-hybridized carbons (Fsp3) is 0.471. The van der Waals surface area contributed by atoms with Crippen molar-refractivity contribution in [1.29, 1.82) is 0 Å². The summed E-state index contributed by atoms with van der Waals surface area (Å²) in [5, 5.41) is 0. The van der Waals surface area contributed by atoms with Crippen molar-refractivity contribution in [3.8, 4) is 0 Å². The van der Waals surface area contributed by atoms with Crippen molar-refractivity contribution in [1.82, 2.24) is 14.5 Å². The lowest BCUT2D eigenvalue weighted by Gasteiger charge is -2.32. The van der Waals surface area contributed by atoms with Crippen molar-refractivity contribution in [3.63, 3.8) is 0 Å². The first-order chi connectivity index (χ1) is 10.0. The predicted molar refractivity (Wildman–Crippen MR) is 86.9 cm³/mol. The topological polar surface area (TPSA) is 47.1 Å². The molecule has 0 aliphatic rings. The van der Waals surface area contributed by atoms with Gasteiger partial charge in [-0.25, -0.2) is 4.98 Å². The van der Waals surface area contributed by atoms with Gasteiger partial charge >= 0.3 is 0 Å². The molecule has 2 aromatic rings. The molecule has 0 bridgehead atoms. The number of hydrogen-bond donors (Lipinski definition) is 1. The van der Waals surface area contributed by atoms with E-state index < -0.39 is 0 Å². The molecule has 1 aromatic carbocycles. The Morgan fingerprint density at radius 1 is 1.29 bits per heavy atom. The molecule has 0 saturated carbocycles. The molecule has 114 valence electrons. The monoisotopic (exact) mass is 286 g/mol. The predicted octanol–water partition coefficient (Wildman–Crippen LogP) is 2.64. The number of imidazole rings is 1. The van der Waals surface area contributed by atoms with Crippen LogP contribution in [0.3, 0.4) is 0 Å². The van der Waals surface area contributed by atoms with E-state index in [1.807, 2.05) is 19.4 Å². The Morgan fingerprint density at radius 2 is 1.95 bits per heavy atom. The van der Waals surface area contributed by atoms with E-state index >= 15 is 0 Å². The summed E-state index contributed by atoms with van der Waals surface area (Å²) in [7, 11) is 4.14. The molecular formula is C17H26N4. The summed E-state index contributed by atoms with van der Waals surface area (Å²) in [5.74, 6) is 1.05. The van der Waals surface area contributed by atoms with Crippen LogP contribution in [0.5, 0.6) is 0 Å². The van der Waals surface area contributed by atoms with Gasteiger partial charge in [0.1, 0.15) is 5.82 Å². The van der Waals surface area contributed by atoms with Gasteiger partial charge in [0.2, 0.25) is 0 Å². The van der Waals surface area contributed by atoms with Crippen molar-refractivity contribution < 1.29 is 0 Å². The highest BCUT2D eigenvalue weighted by atomic mass is 15.2. The minimum atomic E-state index is 0.109. The number of likely N-dealkylation sites (N-methyl/N-ethyl adjacent to an activating group) is 1. The lowest BCUT2D eigenvalue weighted by Crippen LogP contribution is -2.39. The lowest BCUT2D eigenvalue weighted by atomic mass is 9.96. The first-order valence-electron chi connectivity index (χ1n) is 7.51. The SMILES string of the molecule is CCC(N)C(c1ccc(C)cc1)N(C)Cc1nccn1C. The summed E-state index contributed by atoms with van der Waals surface area (Å²) in [6.07, 6.45) is 4.76. The maximum atomic E-state index is 6.39. The fourth-order valence-corrected chi connectivity index (χ4v) is 2.69. The molecule has 0 radical (unpaired) electrons. The van der Waals surface area contributed by atoms with Gasteiger partial charge in [-0.1, -0.05) is 36.8 Å². The summed E-state index contributed by atoms with van der Waals surface area (Å²) in [6, 6.07) is 8.98. The van der Waals surface area contributed by atoms with E-state index in [0.717, 1.165) is 18.8 Å². The highest BCUT2D eigenvalue weighted by Gasteiger charge is 2.23. The highest BCUT2D eigenvalue weighted by molar-refractivity contribution is 5.25. The lowest BCUT2D eigenvalue weighted by molar-refractivity contribution is 0.195. The average molecular weight is 286 g/mol. The van der Waals surface area contributed by atoms with Gasteiger partial charge < -0.3 is 10.3 Å². The zero-order valence-corrected chi connectivity index (χ0v) is 13.5. The number of rotatable bonds is 6. The molecule has 2 atom stereocenters. The van der Waals surface area contributed by atoms with E-state index in [1.165, 1.54) is 11.1 Å². The molecule has 4 heteroatoms. The number of nitrogens with zero attached hydrogens (tertiary/aromatic N) is 3. The van der Waals surface area contributed by atoms with Crippen LogP contribution in [0.15, 0.2) is 36.7 Å². The van der Waals surface area contributed by atoms with Gasteiger partial charge in [0, 0.05) is 25.5 Å². The molecule has 1 aromatic heterocycles. The summed E-state index contributed by atoms with van der Waals surface area (Å²) in [4.78, 5) is 6.70. The third-order valence-corrected chi connectivity index (χ3v) is 4.08. The second kappa shape index (κ2) is 6.87. The summed E-state index contributed by atoms with van der Waals surface area (Å²) < 4.78 is 2.06. The summed E-state index contributed by atoms with van der Waals surface area (Å²) in [6.45, 7) is 5.03. The Balaban J connectivity index is 2.23. The van der Waals surface area contributed by atoms with Gasteiger partial charge in [-0.05, 0) is 26.0 Å². The van der Waals surface area contributed by atoms with E-state index in [0.29, 0.717) is 0 Å². The van der Waals surface area contributed by atoms with Crippen LogP contribution in [0.2, 0.25) is 0 Å². The first-order valence-corrected chi connectivity index (χ1v) is 7.51. The van der Waals surface area contributed by atoms with Crippen LogP contribution in [0.1, 0.15) is 36.3 Å². The molecule has 4 nitrogen and oxygen atoms in total. The van der Waals surface area contributed by atoms with Crippen molar-refractivity contribution in [3.05, 3.63) is 53.6 Å². The van der Waals surface area contributed by atoms with E-state index in [4.69, 9.17) is 5.73 Å². The van der Waals surface area contributed by atoms with Crippen LogP contribution in [-0.2, 0) is 13.6 Å². The number of aryl methyl sites for hydroxylation is 2. The molecule has 0 saturated heterocycles. The van der Waals surface area contributed by atoms with Gasteiger partial charge in [0.25, 0.3) is 0 Å². The largest absolute Gasteiger partial charge is 0.337 e. The van der Waals surface area contributed by atoms with Gasteiger partial charge in [0.05, 0.1) is 12.6 Å². The van der Waals surface area contributed by atoms with Gasteiger partial charge in [0.15, 0.2) is 0 Å². The Hall–Kier alpha value is -1.65. The average Bonchev–Trinajstić information content (AvgIpc) is 2.86. The second-order valence-corrected chi connectivity index (χ2v) is 5.80. The summed E-state index contributed by atoms with van der Waals surface area (Å²) >= 11 is 0. The van der Waals surface area contributed by atoms with Crippen molar-refractivity contribution in [2.75, 3.05) is 7.05 Å². The first kappa shape index (κ1) is 15.7. The van der Waals surface area contributed by atoms with Gasteiger partial charge in [-0.2, -0.15) is 0 Å². The Bertz CT molecular complexity index is 558. The highest BCUT2D eigenvalue weighted by Crippen LogP contribution is 2.25. The van der Waals surface area contributed by atoms with Crippen LogP contribution in [0.4, 0.5) is 0 Å². The molecule has 2 rings (SSSR count). The maximum absolute atomic E-state index is 6.39. The minimum absolute atomic E-state index is 0.109. The second-order valence-electron chi connectivity index (χ2n) is 5.80. The number of benzene rings is 1. The van der Waals surface area contributed by atoms with E-state index in [9.17, 15) is 0 Å². The fourth-order valence-electron chi connectivity index (χ4n) is 2.69. The molecule has 1 heterocycles. The number of hydrogen-bond acceptors (Lipinski definition) is 3. The maximum Gasteiger partial charge on any atom is 0.122 e. The third kappa shape index (κ3) is 3.71. The van der Waals surface area contributed by atoms with Crippen LogP contribution in [0, 0.1) is 6.92 Å². The smallest absolute Gasteiger partial charge is 0.122 e.